The van der Waals surface area contributed by atoms with Crippen molar-refractivity contribution in [2.24, 2.45) is 11.8 Å². The Balaban J connectivity index is 0.000000240. The highest BCUT2D eigenvalue weighted by Gasteiger charge is 2.28. The smallest absolute Gasteiger partial charge is 0.217 e. The molecule has 0 spiro atoms. The van der Waals surface area contributed by atoms with Gasteiger partial charge in [0.05, 0.1) is 12.1 Å². The van der Waals surface area contributed by atoms with Crippen LogP contribution in [0.4, 0.5) is 0 Å². The van der Waals surface area contributed by atoms with Crippen LogP contribution in [0.2, 0.25) is 0 Å². The van der Waals surface area contributed by atoms with Crippen molar-refractivity contribution in [1.82, 2.24) is 10.6 Å². The van der Waals surface area contributed by atoms with Gasteiger partial charge in [0, 0.05) is 36.8 Å². The molecule has 2 N–H and O–H groups in total. The van der Waals surface area contributed by atoms with Gasteiger partial charge < -0.3 is 10.6 Å². The van der Waals surface area contributed by atoms with Gasteiger partial charge in [-0.25, -0.2) is 0 Å². The zero-order valence-electron chi connectivity index (χ0n) is 26.3. The van der Waals surface area contributed by atoms with E-state index in [-0.39, 0.29) is 47.3 Å². The van der Waals surface area contributed by atoms with Crippen molar-refractivity contribution in [3.05, 3.63) is 143 Å². The zero-order valence-corrected chi connectivity index (χ0v) is 26.3. The van der Waals surface area contributed by atoms with Crippen molar-refractivity contribution in [1.29, 1.82) is 0 Å². The Morgan fingerprint density at radius 1 is 0.477 bits per heavy atom. The average molecular weight is 591 g/mol. The van der Waals surface area contributed by atoms with Gasteiger partial charge in [0.25, 0.3) is 0 Å². The van der Waals surface area contributed by atoms with Crippen molar-refractivity contribution in [2.75, 3.05) is 0 Å². The SMILES string of the molecule is CC(=O)N[C@H](c1ccc(C)cc1)[C@H](C)C(=O)c1ccccc1.CC(=O)N[C@H](c1ccc(C)cc1)[C@H](C)C(=O)c1ccccc1. The van der Waals surface area contributed by atoms with E-state index in [9.17, 15) is 19.2 Å². The second-order valence-electron chi connectivity index (χ2n) is 11.2. The first kappa shape index (κ1) is 33.7. The van der Waals surface area contributed by atoms with Crippen LogP contribution in [0.25, 0.3) is 0 Å². The van der Waals surface area contributed by atoms with E-state index in [1.807, 2.05) is 113 Å². The quantitative estimate of drug-likeness (QED) is 0.189. The van der Waals surface area contributed by atoms with Gasteiger partial charge in [-0.15, -0.1) is 0 Å². The fourth-order valence-electron chi connectivity index (χ4n) is 5.01. The molecule has 0 saturated heterocycles. The molecular formula is C38H42N2O4. The Morgan fingerprint density at radius 2 is 0.773 bits per heavy atom. The summed E-state index contributed by atoms with van der Waals surface area (Å²) in [5, 5.41) is 5.81. The minimum absolute atomic E-state index is 0.0277. The predicted octanol–water partition coefficient (Wildman–Crippen LogP) is 7.38. The Bertz CT molecular complexity index is 1410. The summed E-state index contributed by atoms with van der Waals surface area (Å²) in [4.78, 5) is 48.4. The number of nitrogens with one attached hydrogen (secondary N) is 2. The fraction of sp³-hybridized carbons (Fsp3) is 0.263. The molecule has 0 aliphatic rings. The Labute approximate surface area is 260 Å². The van der Waals surface area contributed by atoms with Crippen molar-refractivity contribution < 1.29 is 19.2 Å². The van der Waals surface area contributed by atoms with Crippen molar-refractivity contribution in [3.63, 3.8) is 0 Å². The topological polar surface area (TPSA) is 92.3 Å². The maximum atomic E-state index is 12.7. The molecule has 4 aromatic rings. The van der Waals surface area contributed by atoms with Crippen LogP contribution in [-0.2, 0) is 9.59 Å². The molecule has 0 aromatic heterocycles. The number of carbonyl (C=O) groups is 4. The Morgan fingerprint density at radius 3 is 1.05 bits per heavy atom. The van der Waals surface area contributed by atoms with E-state index in [2.05, 4.69) is 10.6 Å². The number of carbonyl (C=O) groups excluding carboxylic acids is 4. The number of aryl methyl sites for hydroxylation is 2. The van der Waals surface area contributed by atoms with Gasteiger partial charge in [-0.3, -0.25) is 19.2 Å². The van der Waals surface area contributed by atoms with E-state index in [1.54, 1.807) is 24.3 Å². The highest BCUT2D eigenvalue weighted by atomic mass is 16.2. The van der Waals surface area contributed by atoms with E-state index in [0.29, 0.717) is 11.1 Å². The number of rotatable bonds is 10. The summed E-state index contributed by atoms with van der Waals surface area (Å²) in [6.45, 7) is 10.7. The molecule has 44 heavy (non-hydrogen) atoms. The molecule has 4 rings (SSSR count). The summed E-state index contributed by atoms with van der Waals surface area (Å²) < 4.78 is 0. The van der Waals surface area contributed by atoms with Gasteiger partial charge in [-0.1, -0.05) is 134 Å². The van der Waals surface area contributed by atoms with Crippen LogP contribution in [0, 0.1) is 25.7 Å². The molecule has 4 aromatic carbocycles. The number of hydrogen-bond acceptors (Lipinski definition) is 4. The molecule has 0 aliphatic carbocycles. The summed E-state index contributed by atoms with van der Waals surface area (Å²) in [7, 11) is 0. The third-order valence-corrected chi connectivity index (χ3v) is 7.53. The summed E-state index contributed by atoms with van der Waals surface area (Å²) in [5.41, 5.74) is 5.50. The Hall–Kier alpha value is -4.84. The summed E-state index contributed by atoms with van der Waals surface area (Å²) >= 11 is 0. The molecule has 0 saturated carbocycles. The van der Waals surface area contributed by atoms with Crippen LogP contribution in [-0.4, -0.2) is 23.4 Å². The van der Waals surface area contributed by atoms with Gasteiger partial charge in [0.1, 0.15) is 0 Å². The van der Waals surface area contributed by atoms with Gasteiger partial charge >= 0.3 is 0 Å². The third kappa shape index (κ3) is 9.60. The highest BCUT2D eigenvalue weighted by molar-refractivity contribution is 5.99. The van der Waals surface area contributed by atoms with E-state index in [4.69, 9.17) is 0 Å². The molecule has 6 heteroatoms. The zero-order chi connectivity index (χ0) is 32.2. The molecule has 0 unspecified atom stereocenters. The van der Waals surface area contributed by atoms with Crippen LogP contribution in [0.1, 0.15) is 82.7 Å². The first-order chi connectivity index (χ1) is 21.0. The lowest BCUT2D eigenvalue weighted by atomic mass is 9.87. The first-order valence-corrected chi connectivity index (χ1v) is 14.8. The lowest BCUT2D eigenvalue weighted by Gasteiger charge is -2.24. The average Bonchev–Trinajstić information content (AvgIpc) is 3.03. The first-order valence-electron chi connectivity index (χ1n) is 14.8. The van der Waals surface area contributed by atoms with E-state index in [1.165, 1.54) is 13.8 Å². The van der Waals surface area contributed by atoms with Gasteiger partial charge in [-0.05, 0) is 25.0 Å². The van der Waals surface area contributed by atoms with Crippen LogP contribution >= 0.6 is 0 Å². The fourth-order valence-corrected chi connectivity index (χ4v) is 5.01. The van der Waals surface area contributed by atoms with Crippen LogP contribution < -0.4 is 10.6 Å². The van der Waals surface area contributed by atoms with E-state index in [0.717, 1.165) is 22.3 Å². The molecule has 0 radical (unpaired) electrons. The van der Waals surface area contributed by atoms with E-state index < -0.39 is 0 Å². The van der Waals surface area contributed by atoms with Crippen LogP contribution in [0.15, 0.2) is 109 Å². The molecule has 0 fully saturated rings. The predicted molar refractivity (Wildman–Crippen MR) is 175 cm³/mol. The molecule has 0 aliphatic heterocycles. The monoisotopic (exact) mass is 590 g/mol. The summed E-state index contributed by atoms with van der Waals surface area (Å²) in [6, 6.07) is 33.5. The molecule has 228 valence electrons. The number of amides is 2. The summed E-state index contributed by atoms with van der Waals surface area (Å²) in [6.07, 6.45) is 0. The van der Waals surface area contributed by atoms with E-state index >= 15 is 0 Å². The van der Waals surface area contributed by atoms with Crippen molar-refractivity contribution in [3.8, 4) is 0 Å². The van der Waals surface area contributed by atoms with Gasteiger partial charge in [0.2, 0.25) is 11.8 Å². The second-order valence-corrected chi connectivity index (χ2v) is 11.2. The van der Waals surface area contributed by atoms with Crippen molar-refractivity contribution >= 4 is 23.4 Å². The third-order valence-electron chi connectivity index (χ3n) is 7.53. The maximum Gasteiger partial charge on any atom is 0.217 e. The minimum Gasteiger partial charge on any atom is -0.349 e. The molecule has 0 bridgehead atoms. The number of benzene rings is 4. The highest BCUT2D eigenvalue weighted by Crippen LogP contribution is 2.27. The Kier molecular flexibility index (Phi) is 12.3. The minimum atomic E-state index is -0.339. The molecule has 6 nitrogen and oxygen atoms in total. The second kappa shape index (κ2) is 16.1. The van der Waals surface area contributed by atoms with Crippen molar-refractivity contribution in [2.45, 2.75) is 53.6 Å². The standard InChI is InChI=1S/2C19H21NO2/c2*1-13-9-11-16(12-10-13)18(20-15(3)21)14(2)19(22)17-7-5-4-6-8-17/h2*4-12,14,18H,1-3H3,(H,20,21)/t2*14-,18-/m00/s1. The number of hydrogen-bond donors (Lipinski definition) is 2. The largest absolute Gasteiger partial charge is 0.349 e. The van der Waals surface area contributed by atoms with Gasteiger partial charge in [-0.2, -0.15) is 0 Å². The summed E-state index contributed by atoms with van der Waals surface area (Å²) in [5.74, 6) is -0.903. The lowest BCUT2D eigenvalue weighted by molar-refractivity contribution is -0.120. The van der Waals surface area contributed by atoms with Gasteiger partial charge in [0.15, 0.2) is 11.6 Å². The molecule has 4 atom stereocenters. The normalized spacial score (nSPS) is 13.2. The molecular weight excluding hydrogens is 548 g/mol. The number of Topliss-reactive ketones (excluding diaryl/α,β-unsaturated/α-hetero) is 2. The maximum absolute atomic E-state index is 12.7. The van der Waals surface area contributed by atoms with Crippen LogP contribution in [0.3, 0.4) is 0 Å². The molecule has 2 amide bonds. The molecule has 0 heterocycles. The number of ketones is 2. The van der Waals surface area contributed by atoms with Crippen LogP contribution in [0.5, 0.6) is 0 Å². The lowest BCUT2D eigenvalue weighted by Crippen LogP contribution is -2.34.